The van der Waals surface area contributed by atoms with Crippen LogP contribution in [-0.4, -0.2) is 24.2 Å². The molecule has 0 bridgehead atoms. The molecule has 0 saturated carbocycles. The molecule has 0 aromatic heterocycles. The molecule has 1 rings (SSSR count). The summed E-state index contributed by atoms with van der Waals surface area (Å²) in [6.45, 7) is 4.30. The van der Waals surface area contributed by atoms with Crippen LogP contribution >= 0.6 is 11.6 Å². The van der Waals surface area contributed by atoms with Crippen LogP contribution in [0.4, 0.5) is 4.39 Å². The molecule has 106 valence electrons. The number of hydrogen-bond donors (Lipinski definition) is 2. The number of rotatable bonds is 6. The van der Waals surface area contributed by atoms with Crippen LogP contribution in [0.15, 0.2) is 18.2 Å². The molecule has 5 heteroatoms. The third-order valence-electron chi connectivity index (χ3n) is 3.64. The van der Waals surface area contributed by atoms with Crippen LogP contribution in [0.5, 0.6) is 0 Å². The predicted molar refractivity (Wildman–Crippen MR) is 73.8 cm³/mol. The summed E-state index contributed by atoms with van der Waals surface area (Å²) in [5.41, 5.74) is -0.0957. The van der Waals surface area contributed by atoms with E-state index in [1.807, 2.05) is 13.8 Å². The first kappa shape index (κ1) is 15.9. The van der Waals surface area contributed by atoms with E-state index in [9.17, 15) is 14.3 Å². The maximum absolute atomic E-state index is 13.3. The number of amides is 1. The third-order valence-corrected chi connectivity index (χ3v) is 3.95. The van der Waals surface area contributed by atoms with Crippen molar-refractivity contribution in [2.45, 2.75) is 26.7 Å². The van der Waals surface area contributed by atoms with Crippen molar-refractivity contribution in [3.05, 3.63) is 34.6 Å². The molecule has 1 aromatic rings. The Bertz CT molecular complexity index is 439. The van der Waals surface area contributed by atoms with Gasteiger partial charge in [0, 0.05) is 17.5 Å². The van der Waals surface area contributed by atoms with Crippen molar-refractivity contribution in [2.75, 3.05) is 13.2 Å². The molecule has 0 radical (unpaired) electrons. The van der Waals surface area contributed by atoms with Crippen LogP contribution in [0.3, 0.4) is 0 Å². The first-order valence-corrected chi connectivity index (χ1v) is 6.70. The number of halogens is 2. The van der Waals surface area contributed by atoms with Crippen LogP contribution in [0.2, 0.25) is 5.02 Å². The highest BCUT2D eigenvalue weighted by atomic mass is 35.5. The minimum absolute atomic E-state index is 0.00919. The molecule has 0 heterocycles. The molecule has 1 aromatic carbocycles. The van der Waals surface area contributed by atoms with Gasteiger partial charge >= 0.3 is 0 Å². The molecule has 2 N–H and O–H groups in total. The van der Waals surface area contributed by atoms with E-state index >= 15 is 0 Å². The van der Waals surface area contributed by atoms with Crippen LogP contribution in [0.1, 0.15) is 37.0 Å². The first-order chi connectivity index (χ1) is 8.98. The standard InChI is InChI=1S/C14H19ClFNO2/c1-3-14(4-2,9-18)8-17-13(19)10-5-6-11(15)12(16)7-10/h5-7,18H,3-4,8-9H2,1-2H3,(H,17,19). The van der Waals surface area contributed by atoms with Gasteiger partial charge in [0.15, 0.2) is 0 Å². The Morgan fingerprint density at radius 3 is 2.53 bits per heavy atom. The minimum atomic E-state index is -0.617. The number of carbonyl (C=O) groups is 1. The third kappa shape index (κ3) is 3.91. The van der Waals surface area contributed by atoms with E-state index in [0.29, 0.717) is 6.54 Å². The van der Waals surface area contributed by atoms with Gasteiger partial charge in [0.05, 0.1) is 11.6 Å². The van der Waals surface area contributed by atoms with Gasteiger partial charge in [-0.25, -0.2) is 4.39 Å². The summed E-state index contributed by atoms with van der Waals surface area (Å²) in [5, 5.41) is 12.1. The molecule has 3 nitrogen and oxygen atoms in total. The van der Waals surface area contributed by atoms with Gasteiger partial charge in [-0.05, 0) is 31.0 Å². The molecule has 1 amide bonds. The molecule has 0 aliphatic heterocycles. The van der Waals surface area contributed by atoms with Gasteiger partial charge < -0.3 is 10.4 Å². The SMILES string of the molecule is CCC(CC)(CO)CNC(=O)c1ccc(Cl)c(F)c1. The van der Waals surface area contributed by atoms with E-state index in [1.165, 1.54) is 12.1 Å². The number of hydrogen-bond acceptors (Lipinski definition) is 2. The van der Waals surface area contributed by atoms with E-state index in [4.69, 9.17) is 11.6 Å². The van der Waals surface area contributed by atoms with Crippen molar-refractivity contribution in [3.8, 4) is 0 Å². The number of aliphatic hydroxyl groups is 1. The molecular formula is C14H19ClFNO2. The zero-order chi connectivity index (χ0) is 14.5. The van der Waals surface area contributed by atoms with Gasteiger partial charge in [0.2, 0.25) is 0 Å². The van der Waals surface area contributed by atoms with Crippen molar-refractivity contribution in [3.63, 3.8) is 0 Å². The fourth-order valence-electron chi connectivity index (χ4n) is 1.79. The maximum Gasteiger partial charge on any atom is 0.251 e. The fraction of sp³-hybridized carbons (Fsp3) is 0.500. The van der Waals surface area contributed by atoms with Crippen molar-refractivity contribution in [1.29, 1.82) is 0 Å². The average Bonchev–Trinajstić information content (AvgIpc) is 2.43. The lowest BCUT2D eigenvalue weighted by Gasteiger charge is -2.29. The van der Waals surface area contributed by atoms with E-state index in [2.05, 4.69) is 5.32 Å². The second kappa shape index (κ2) is 6.87. The van der Waals surface area contributed by atoms with Gasteiger partial charge in [-0.3, -0.25) is 4.79 Å². The highest BCUT2D eigenvalue weighted by Crippen LogP contribution is 2.24. The highest BCUT2D eigenvalue weighted by molar-refractivity contribution is 6.30. The Morgan fingerprint density at radius 2 is 2.05 bits per heavy atom. The topological polar surface area (TPSA) is 49.3 Å². The molecule has 0 saturated heterocycles. The highest BCUT2D eigenvalue weighted by Gasteiger charge is 2.26. The normalized spacial score (nSPS) is 11.4. The van der Waals surface area contributed by atoms with E-state index in [-0.39, 0.29) is 28.5 Å². The van der Waals surface area contributed by atoms with Gasteiger partial charge in [0.25, 0.3) is 5.91 Å². The van der Waals surface area contributed by atoms with Gasteiger partial charge in [-0.2, -0.15) is 0 Å². The summed E-state index contributed by atoms with van der Waals surface area (Å²) in [6.07, 6.45) is 1.52. The van der Waals surface area contributed by atoms with E-state index < -0.39 is 5.82 Å². The van der Waals surface area contributed by atoms with Crippen molar-refractivity contribution in [2.24, 2.45) is 5.41 Å². The lowest BCUT2D eigenvalue weighted by molar-refractivity contribution is 0.0850. The summed E-state index contributed by atoms with van der Waals surface area (Å²) in [5.74, 6) is -0.982. The smallest absolute Gasteiger partial charge is 0.251 e. The van der Waals surface area contributed by atoms with Gasteiger partial charge in [-0.1, -0.05) is 25.4 Å². The van der Waals surface area contributed by atoms with E-state index in [1.54, 1.807) is 0 Å². The van der Waals surface area contributed by atoms with Crippen LogP contribution in [-0.2, 0) is 0 Å². The van der Waals surface area contributed by atoms with Crippen LogP contribution in [0.25, 0.3) is 0 Å². The lowest BCUT2D eigenvalue weighted by atomic mass is 9.83. The summed E-state index contributed by atoms with van der Waals surface area (Å²) >= 11 is 5.56. The monoisotopic (exact) mass is 287 g/mol. The summed E-state index contributed by atoms with van der Waals surface area (Å²) in [4.78, 5) is 11.9. The second-order valence-corrected chi connectivity index (χ2v) is 5.08. The zero-order valence-corrected chi connectivity index (χ0v) is 11.9. The van der Waals surface area contributed by atoms with Crippen molar-refractivity contribution < 1.29 is 14.3 Å². The lowest BCUT2D eigenvalue weighted by Crippen LogP contribution is -2.39. The number of carbonyl (C=O) groups excluding carboxylic acids is 1. The Morgan fingerprint density at radius 1 is 1.42 bits per heavy atom. The second-order valence-electron chi connectivity index (χ2n) is 4.68. The van der Waals surface area contributed by atoms with Crippen LogP contribution in [0, 0.1) is 11.2 Å². The largest absolute Gasteiger partial charge is 0.396 e. The molecule has 0 fully saturated rings. The number of nitrogens with one attached hydrogen (secondary N) is 1. The Kier molecular flexibility index (Phi) is 5.76. The van der Waals surface area contributed by atoms with Crippen molar-refractivity contribution in [1.82, 2.24) is 5.32 Å². The predicted octanol–water partition coefficient (Wildman–Crippen LogP) is 3.01. The molecule has 0 unspecified atom stereocenters. The maximum atomic E-state index is 13.3. The summed E-state index contributed by atoms with van der Waals surface area (Å²) < 4.78 is 13.3. The first-order valence-electron chi connectivity index (χ1n) is 6.32. The number of benzene rings is 1. The molecule has 19 heavy (non-hydrogen) atoms. The molecule has 0 atom stereocenters. The molecule has 0 aliphatic rings. The van der Waals surface area contributed by atoms with Gasteiger partial charge in [0.1, 0.15) is 5.82 Å². The van der Waals surface area contributed by atoms with Crippen molar-refractivity contribution >= 4 is 17.5 Å². The van der Waals surface area contributed by atoms with Gasteiger partial charge in [-0.15, -0.1) is 0 Å². The number of aliphatic hydroxyl groups excluding tert-OH is 1. The average molecular weight is 288 g/mol. The van der Waals surface area contributed by atoms with Crippen LogP contribution < -0.4 is 5.32 Å². The fourth-order valence-corrected chi connectivity index (χ4v) is 1.90. The Hall–Kier alpha value is -1.13. The summed E-state index contributed by atoms with van der Waals surface area (Å²) in [6, 6.07) is 3.93. The molecule has 0 aliphatic carbocycles. The Balaban J connectivity index is 2.72. The molecular weight excluding hydrogens is 269 g/mol. The molecule has 0 spiro atoms. The summed E-state index contributed by atoms with van der Waals surface area (Å²) in [7, 11) is 0. The quantitative estimate of drug-likeness (QED) is 0.845. The van der Waals surface area contributed by atoms with E-state index in [0.717, 1.165) is 18.9 Å². The Labute approximate surface area is 117 Å². The minimum Gasteiger partial charge on any atom is -0.396 e. The zero-order valence-electron chi connectivity index (χ0n) is 11.2.